The minimum Gasteiger partial charge on any atom is -0.496 e. The largest absolute Gasteiger partial charge is 0.496 e. The average molecular weight is 521 g/mol. The van der Waals surface area contributed by atoms with Gasteiger partial charge in [0.25, 0.3) is 0 Å². The van der Waals surface area contributed by atoms with Gasteiger partial charge in [-0.25, -0.2) is 4.98 Å². The van der Waals surface area contributed by atoms with Crippen LogP contribution >= 0.6 is 0 Å². The number of aromatic nitrogens is 1. The third-order valence-corrected chi connectivity index (χ3v) is 7.26. The van der Waals surface area contributed by atoms with Gasteiger partial charge in [-0.1, -0.05) is 33.3 Å². The Bertz CT molecular complexity index is 1250. The molecule has 2 amide bonds. The summed E-state index contributed by atoms with van der Waals surface area (Å²) >= 11 is 0. The first-order chi connectivity index (χ1) is 18.3. The van der Waals surface area contributed by atoms with Gasteiger partial charge in [0.1, 0.15) is 23.6 Å². The van der Waals surface area contributed by atoms with Crippen LogP contribution in [0.1, 0.15) is 71.1 Å². The zero-order chi connectivity index (χ0) is 27.4. The van der Waals surface area contributed by atoms with Crippen LogP contribution in [0.2, 0.25) is 0 Å². The highest BCUT2D eigenvalue weighted by atomic mass is 16.5. The van der Waals surface area contributed by atoms with Crippen molar-refractivity contribution in [2.45, 2.75) is 84.9 Å². The Kier molecular flexibility index (Phi) is 8.69. The number of aliphatic imine (C=N–C) groups is 1. The van der Waals surface area contributed by atoms with Crippen molar-refractivity contribution in [1.29, 1.82) is 0 Å². The van der Waals surface area contributed by atoms with E-state index in [1.165, 1.54) is 0 Å². The molecular weight excluding hydrogens is 480 g/mol. The van der Waals surface area contributed by atoms with Crippen LogP contribution in [0.15, 0.2) is 35.0 Å². The normalized spacial score (nSPS) is 20.2. The molecule has 1 saturated heterocycles. The fourth-order valence-electron chi connectivity index (χ4n) is 4.99. The first kappa shape index (κ1) is 27.6. The van der Waals surface area contributed by atoms with E-state index in [-0.39, 0.29) is 24.0 Å². The van der Waals surface area contributed by atoms with Crippen LogP contribution in [0, 0.1) is 12.8 Å². The number of fused-ring (bicyclic) bond motifs is 1. The Hall–Kier alpha value is -3.42. The van der Waals surface area contributed by atoms with Crippen LogP contribution in [0.5, 0.6) is 11.5 Å². The number of carbonyl (C=O) groups excluding carboxylic acids is 2. The molecule has 204 valence electrons. The number of benzene rings is 1. The summed E-state index contributed by atoms with van der Waals surface area (Å²) in [6, 6.07) is 5.55. The number of nitrogens with zero attached hydrogens (tertiary/aromatic N) is 3. The number of rotatable bonds is 11. The molecule has 1 N–H and O–H groups in total. The number of carbonyl (C=O) groups is 2. The van der Waals surface area contributed by atoms with Crippen molar-refractivity contribution < 1.29 is 19.1 Å². The molecule has 1 saturated carbocycles. The molecule has 8 nitrogen and oxygen atoms in total. The zero-order valence-corrected chi connectivity index (χ0v) is 23.4. The molecule has 1 aliphatic carbocycles. The third-order valence-electron chi connectivity index (χ3n) is 7.26. The lowest BCUT2D eigenvalue weighted by Gasteiger charge is -2.19. The lowest BCUT2D eigenvalue weighted by molar-refractivity contribution is -0.131. The molecular formula is C30H40N4O4. The van der Waals surface area contributed by atoms with Crippen molar-refractivity contribution in [2.24, 2.45) is 10.9 Å². The van der Waals surface area contributed by atoms with Crippen LogP contribution in [-0.2, 0) is 9.59 Å². The SMILES string of the molecule is C/C=C(\N=C(CCC)c1cc(O[C@@H]2C[C@@H](C(=O)NC3CC3)N(C=O)C2)c2ccc(OC)c(C)c2n1)C(C)C. The van der Waals surface area contributed by atoms with E-state index < -0.39 is 6.04 Å². The van der Waals surface area contributed by atoms with Gasteiger partial charge in [-0.2, -0.15) is 0 Å². The van der Waals surface area contributed by atoms with Gasteiger partial charge in [-0.3, -0.25) is 14.6 Å². The van der Waals surface area contributed by atoms with Crippen LogP contribution in [0.3, 0.4) is 0 Å². The van der Waals surface area contributed by atoms with Crippen molar-refractivity contribution in [3.8, 4) is 11.5 Å². The van der Waals surface area contributed by atoms with Gasteiger partial charge in [0, 0.05) is 35.2 Å². The van der Waals surface area contributed by atoms with Crippen molar-refractivity contribution in [1.82, 2.24) is 15.2 Å². The van der Waals surface area contributed by atoms with E-state index in [1.54, 1.807) is 12.0 Å². The Morgan fingerprint density at radius 2 is 2.05 bits per heavy atom. The third kappa shape index (κ3) is 6.00. The summed E-state index contributed by atoms with van der Waals surface area (Å²) in [6.45, 7) is 10.8. The second-order valence-corrected chi connectivity index (χ2v) is 10.5. The summed E-state index contributed by atoms with van der Waals surface area (Å²) in [5.74, 6) is 1.61. The van der Waals surface area contributed by atoms with E-state index >= 15 is 0 Å². The lowest BCUT2D eigenvalue weighted by atomic mass is 10.0. The molecule has 8 heteroatoms. The van der Waals surface area contributed by atoms with E-state index in [4.69, 9.17) is 19.5 Å². The number of aryl methyl sites for hydroxylation is 1. The topological polar surface area (TPSA) is 93.1 Å². The first-order valence-electron chi connectivity index (χ1n) is 13.7. The van der Waals surface area contributed by atoms with Gasteiger partial charge < -0.3 is 19.7 Å². The van der Waals surface area contributed by atoms with E-state index in [9.17, 15) is 9.59 Å². The quantitative estimate of drug-likeness (QED) is 0.334. The molecule has 2 heterocycles. The molecule has 0 spiro atoms. The number of nitrogens with one attached hydrogen (secondary N) is 1. The standard InChI is InChI=1S/C30H40N4O4/c1-7-9-24(32-23(8-2)18(3)4)25-15-28(22-12-13-27(37-6)19(5)29(22)33-25)38-21-14-26(34(16-21)17-35)30(36)31-20-10-11-20/h8,12-13,15,17-18,20-21,26H,7,9-11,14,16H2,1-6H3,(H,31,36)/b23-8-,32-24?/t21-,26+/m1/s1. The molecule has 2 aliphatic rings. The van der Waals surface area contributed by atoms with Crippen molar-refractivity contribution >= 4 is 28.9 Å². The van der Waals surface area contributed by atoms with Gasteiger partial charge in [-0.15, -0.1) is 0 Å². The van der Waals surface area contributed by atoms with Crippen molar-refractivity contribution in [3.63, 3.8) is 0 Å². The second-order valence-electron chi connectivity index (χ2n) is 10.5. The Morgan fingerprint density at radius 3 is 2.66 bits per heavy atom. The summed E-state index contributed by atoms with van der Waals surface area (Å²) in [7, 11) is 1.65. The maximum absolute atomic E-state index is 12.8. The molecule has 2 aromatic rings. The van der Waals surface area contributed by atoms with Crippen LogP contribution in [-0.4, -0.2) is 59.8 Å². The van der Waals surface area contributed by atoms with E-state index in [1.807, 2.05) is 38.1 Å². The number of ether oxygens (including phenoxy) is 2. The molecule has 1 aromatic heterocycles. The van der Waals surface area contributed by atoms with Crippen LogP contribution in [0.25, 0.3) is 10.9 Å². The number of hydrogen-bond donors (Lipinski definition) is 1. The van der Waals surface area contributed by atoms with Gasteiger partial charge >= 0.3 is 0 Å². The second kappa shape index (κ2) is 12.0. The van der Waals surface area contributed by atoms with Crippen molar-refractivity contribution in [2.75, 3.05) is 13.7 Å². The highest BCUT2D eigenvalue weighted by molar-refractivity contribution is 6.03. The predicted octanol–water partition coefficient (Wildman–Crippen LogP) is 4.96. The number of allylic oxidation sites excluding steroid dienone is 2. The molecule has 2 atom stereocenters. The van der Waals surface area contributed by atoms with E-state index in [2.05, 4.69) is 26.1 Å². The Balaban J connectivity index is 1.74. The van der Waals surface area contributed by atoms with E-state index in [0.29, 0.717) is 18.7 Å². The van der Waals surface area contributed by atoms with Gasteiger partial charge in [0.2, 0.25) is 12.3 Å². The molecule has 2 fully saturated rings. The highest BCUT2D eigenvalue weighted by Gasteiger charge is 2.39. The molecule has 0 unspecified atom stereocenters. The number of methoxy groups -OCH3 is 1. The maximum atomic E-state index is 12.8. The number of hydrogen-bond acceptors (Lipinski definition) is 6. The molecule has 38 heavy (non-hydrogen) atoms. The number of amides is 2. The van der Waals surface area contributed by atoms with Crippen molar-refractivity contribution in [3.05, 3.63) is 41.2 Å². The summed E-state index contributed by atoms with van der Waals surface area (Å²) in [5, 5.41) is 3.89. The van der Waals surface area contributed by atoms with Gasteiger partial charge in [-0.05, 0) is 51.2 Å². The minimum absolute atomic E-state index is 0.100. The summed E-state index contributed by atoms with van der Waals surface area (Å²) in [6.07, 6.45) is 6.63. The van der Waals surface area contributed by atoms with Gasteiger partial charge in [0.05, 0.1) is 30.6 Å². The molecule has 1 aromatic carbocycles. The minimum atomic E-state index is -0.520. The molecule has 1 aliphatic heterocycles. The highest BCUT2D eigenvalue weighted by Crippen LogP contribution is 2.35. The van der Waals surface area contributed by atoms with Gasteiger partial charge in [0.15, 0.2) is 0 Å². The Morgan fingerprint density at radius 1 is 1.29 bits per heavy atom. The smallest absolute Gasteiger partial charge is 0.243 e. The fourth-order valence-corrected chi connectivity index (χ4v) is 4.99. The molecule has 4 rings (SSSR count). The number of likely N-dealkylation sites (tertiary alicyclic amines) is 1. The average Bonchev–Trinajstić information content (AvgIpc) is 3.62. The van der Waals surface area contributed by atoms with Crippen LogP contribution < -0.4 is 14.8 Å². The first-order valence-corrected chi connectivity index (χ1v) is 13.7. The fraction of sp³-hybridized carbons (Fsp3) is 0.533. The lowest BCUT2D eigenvalue weighted by Crippen LogP contribution is -2.43. The zero-order valence-electron chi connectivity index (χ0n) is 23.4. The predicted molar refractivity (Wildman–Crippen MR) is 150 cm³/mol. The summed E-state index contributed by atoms with van der Waals surface area (Å²) in [4.78, 5) is 36.2. The molecule has 0 radical (unpaired) electrons. The Labute approximate surface area is 225 Å². The monoisotopic (exact) mass is 520 g/mol. The molecule has 0 bridgehead atoms. The van der Waals surface area contributed by atoms with Crippen LogP contribution in [0.4, 0.5) is 0 Å². The van der Waals surface area contributed by atoms with E-state index in [0.717, 1.165) is 71.4 Å². The summed E-state index contributed by atoms with van der Waals surface area (Å²) in [5.41, 5.74) is 4.40. The maximum Gasteiger partial charge on any atom is 0.243 e. The summed E-state index contributed by atoms with van der Waals surface area (Å²) < 4.78 is 12.2. The number of pyridine rings is 1.